The van der Waals surface area contributed by atoms with E-state index in [2.05, 4.69) is 47.6 Å². The maximum atomic E-state index is 12.8. The molecule has 0 saturated heterocycles. The van der Waals surface area contributed by atoms with Gasteiger partial charge in [0.15, 0.2) is 0 Å². The van der Waals surface area contributed by atoms with Crippen molar-refractivity contribution in [2.24, 2.45) is 45.3 Å². The lowest BCUT2D eigenvalue weighted by atomic mass is 9.41. The van der Waals surface area contributed by atoms with Gasteiger partial charge in [-0.1, -0.05) is 59.3 Å². The monoisotopic (exact) mass is 454 g/mol. The molecule has 0 spiro atoms. The molecule has 4 rings (SSSR count). The van der Waals surface area contributed by atoms with Gasteiger partial charge in [0, 0.05) is 17.4 Å². The quantitative estimate of drug-likeness (QED) is 0.343. The fourth-order valence-corrected chi connectivity index (χ4v) is 9.32. The Kier molecular flexibility index (Phi) is 6.07. The van der Waals surface area contributed by atoms with E-state index in [1.165, 1.54) is 25.7 Å². The summed E-state index contributed by atoms with van der Waals surface area (Å²) in [7, 11) is 0. The molecule has 33 heavy (non-hydrogen) atoms. The first kappa shape index (κ1) is 24.7. The maximum absolute atomic E-state index is 12.8. The Bertz CT molecular complexity index is 894. The molecule has 1 N–H and O–H groups in total. The number of Topliss-reactive ketones (excluding diaryl/α,β-unsaturated/α-hetero) is 1. The topological polar surface area (TPSA) is 54.4 Å². The lowest BCUT2D eigenvalue weighted by Gasteiger charge is -2.63. The second-order valence-electron chi connectivity index (χ2n) is 13.3. The molecule has 0 aromatic carbocycles. The molecule has 0 heterocycles. The van der Waals surface area contributed by atoms with Crippen molar-refractivity contribution in [3.8, 4) is 0 Å². The van der Waals surface area contributed by atoms with Crippen LogP contribution >= 0.6 is 0 Å². The Hall–Kier alpha value is -1.38. The van der Waals surface area contributed by atoms with E-state index in [0.717, 1.165) is 32.1 Å². The van der Waals surface area contributed by atoms with Crippen LogP contribution in [0.1, 0.15) is 106 Å². The van der Waals surface area contributed by atoms with Crippen molar-refractivity contribution in [2.45, 2.75) is 106 Å². The highest BCUT2D eigenvalue weighted by Gasteiger charge is 2.65. The summed E-state index contributed by atoms with van der Waals surface area (Å²) in [6.07, 6.45) is 14.4. The van der Waals surface area contributed by atoms with E-state index >= 15 is 0 Å². The molecule has 4 aliphatic rings. The number of allylic oxidation sites excluding steroid dienone is 3. The van der Waals surface area contributed by atoms with Crippen molar-refractivity contribution in [2.75, 3.05) is 0 Å². The highest BCUT2D eigenvalue weighted by atomic mass is 16.4. The van der Waals surface area contributed by atoms with Gasteiger partial charge in [-0.05, 0) is 98.2 Å². The molecule has 0 aromatic heterocycles. The number of hydrogen-bond acceptors (Lipinski definition) is 2. The first-order chi connectivity index (χ1) is 15.3. The van der Waals surface area contributed by atoms with Gasteiger partial charge >= 0.3 is 5.97 Å². The van der Waals surface area contributed by atoms with E-state index in [1.54, 1.807) is 12.5 Å². The Morgan fingerprint density at radius 1 is 1.15 bits per heavy atom. The molecular weight excluding hydrogens is 408 g/mol. The van der Waals surface area contributed by atoms with Crippen LogP contribution < -0.4 is 0 Å². The third-order valence-electron chi connectivity index (χ3n) is 11.7. The number of carbonyl (C=O) groups is 2. The zero-order valence-corrected chi connectivity index (χ0v) is 22.1. The van der Waals surface area contributed by atoms with Crippen LogP contribution in [0.4, 0.5) is 0 Å². The van der Waals surface area contributed by atoms with E-state index < -0.39 is 5.97 Å². The predicted molar refractivity (Wildman–Crippen MR) is 134 cm³/mol. The number of carboxylic acid groups (broad SMARTS) is 1. The minimum atomic E-state index is -0.801. The standard InChI is InChI=1S/C30H46O3/c1-19(9-8-10-20(2)26(32)33)21-13-17-30(7)23-11-12-24-27(3,4)25(31)15-16-28(24,5)22(23)14-18-29(21,30)6/h10-11,19,21-22,24H,8-9,12-18H2,1-7H3,(H,32,33)/b20-10-/t19-,21-,22+,24-,28+,29-,30+/m0/s1. The van der Waals surface area contributed by atoms with Gasteiger partial charge in [0.2, 0.25) is 0 Å². The number of ketones is 1. The molecule has 4 aliphatic carbocycles. The van der Waals surface area contributed by atoms with Crippen LogP contribution in [0, 0.1) is 45.3 Å². The first-order valence-corrected chi connectivity index (χ1v) is 13.4. The van der Waals surface area contributed by atoms with Gasteiger partial charge in [-0.25, -0.2) is 4.79 Å². The fraction of sp³-hybridized carbons (Fsp3) is 0.800. The Morgan fingerprint density at radius 3 is 2.52 bits per heavy atom. The van der Waals surface area contributed by atoms with Crippen LogP contribution in [0.2, 0.25) is 0 Å². The van der Waals surface area contributed by atoms with E-state index in [-0.39, 0.29) is 16.2 Å². The van der Waals surface area contributed by atoms with Crippen molar-refractivity contribution in [1.29, 1.82) is 0 Å². The van der Waals surface area contributed by atoms with Crippen molar-refractivity contribution in [1.82, 2.24) is 0 Å². The molecule has 0 amide bonds. The molecular formula is C30H46O3. The molecule has 0 radical (unpaired) electrons. The van der Waals surface area contributed by atoms with Gasteiger partial charge in [0.25, 0.3) is 0 Å². The summed E-state index contributed by atoms with van der Waals surface area (Å²) in [5, 5.41) is 9.16. The Balaban J connectivity index is 1.59. The SMILES string of the molecule is C/C(=C/CC[C@H](C)[C@@H]1CC[C@]2(C)C3=CC[C@H]4C(C)(C)C(=O)CC[C@]4(C)[C@@H]3CC[C@@]12C)C(=O)O. The van der Waals surface area contributed by atoms with Gasteiger partial charge in [-0.2, -0.15) is 0 Å². The lowest BCUT2D eigenvalue weighted by Crippen LogP contribution is -2.57. The van der Waals surface area contributed by atoms with E-state index in [4.69, 9.17) is 5.11 Å². The molecule has 3 heteroatoms. The summed E-state index contributed by atoms with van der Waals surface area (Å²) in [5.74, 6) is 2.05. The largest absolute Gasteiger partial charge is 0.478 e. The molecule has 3 nitrogen and oxygen atoms in total. The molecule has 0 unspecified atom stereocenters. The van der Waals surface area contributed by atoms with Crippen molar-refractivity contribution in [3.05, 3.63) is 23.3 Å². The predicted octanol–water partition coefficient (Wildman–Crippen LogP) is 7.61. The van der Waals surface area contributed by atoms with Crippen LogP contribution in [0.3, 0.4) is 0 Å². The zero-order valence-electron chi connectivity index (χ0n) is 22.1. The van der Waals surface area contributed by atoms with Gasteiger partial charge in [0.05, 0.1) is 0 Å². The molecule has 0 aliphatic heterocycles. The molecule has 3 fully saturated rings. The summed E-state index contributed by atoms with van der Waals surface area (Å²) in [5.41, 5.74) is 2.80. The highest BCUT2D eigenvalue weighted by Crippen LogP contribution is 2.73. The third kappa shape index (κ3) is 3.50. The van der Waals surface area contributed by atoms with Crippen molar-refractivity contribution in [3.63, 3.8) is 0 Å². The molecule has 3 saturated carbocycles. The van der Waals surface area contributed by atoms with Crippen LogP contribution in [0.5, 0.6) is 0 Å². The summed E-state index contributed by atoms with van der Waals surface area (Å²) in [6.45, 7) is 16.2. The summed E-state index contributed by atoms with van der Waals surface area (Å²) in [6, 6.07) is 0. The molecule has 0 aromatic rings. The van der Waals surface area contributed by atoms with Crippen molar-refractivity contribution < 1.29 is 14.7 Å². The minimum Gasteiger partial charge on any atom is -0.478 e. The number of aliphatic carboxylic acids is 1. The molecule has 184 valence electrons. The average molecular weight is 455 g/mol. The van der Waals surface area contributed by atoms with Gasteiger partial charge in [-0.3, -0.25) is 4.79 Å². The average Bonchev–Trinajstić information content (AvgIpc) is 3.02. The Morgan fingerprint density at radius 2 is 1.85 bits per heavy atom. The van der Waals surface area contributed by atoms with Crippen LogP contribution in [-0.4, -0.2) is 16.9 Å². The summed E-state index contributed by atoms with van der Waals surface area (Å²) < 4.78 is 0. The minimum absolute atomic E-state index is 0.203. The lowest BCUT2D eigenvalue weighted by molar-refractivity contribution is -0.146. The number of fused-ring (bicyclic) bond motifs is 5. The van der Waals surface area contributed by atoms with Crippen molar-refractivity contribution >= 4 is 11.8 Å². The fourth-order valence-electron chi connectivity index (χ4n) is 9.32. The second kappa shape index (κ2) is 8.09. The summed E-state index contributed by atoms with van der Waals surface area (Å²) >= 11 is 0. The second-order valence-corrected chi connectivity index (χ2v) is 13.3. The summed E-state index contributed by atoms with van der Waals surface area (Å²) in [4.78, 5) is 23.9. The van der Waals surface area contributed by atoms with E-state index in [1.807, 2.05) is 6.08 Å². The molecule has 0 bridgehead atoms. The Labute approximate surface area is 201 Å². The highest BCUT2D eigenvalue weighted by molar-refractivity contribution is 5.86. The van der Waals surface area contributed by atoms with Crippen LogP contribution in [0.25, 0.3) is 0 Å². The van der Waals surface area contributed by atoms with Gasteiger partial charge in [0.1, 0.15) is 5.78 Å². The number of carboxylic acids is 1. The zero-order chi connectivity index (χ0) is 24.4. The smallest absolute Gasteiger partial charge is 0.330 e. The number of hydrogen-bond donors (Lipinski definition) is 1. The number of rotatable bonds is 5. The van der Waals surface area contributed by atoms with Crippen LogP contribution in [-0.2, 0) is 9.59 Å². The van der Waals surface area contributed by atoms with Gasteiger partial charge in [-0.15, -0.1) is 0 Å². The number of carbonyl (C=O) groups excluding carboxylic acids is 1. The maximum Gasteiger partial charge on any atom is 0.330 e. The van der Waals surface area contributed by atoms with E-state index in [9.17, 15) is 9.59 Å². The van der Waals surface area contributed by atoms with Gasteiger partial charge < -0.3 is 5.11 Å². The van der Waals surface area contributed by atoms with Crippen LogP contribution in [0.15, 0.2) is 23.3 Å². The third-order valence-corrected chi connectivity index (χ3v) is 11.7. The van der Waals surface area contributed by atoms with E-state index in [0.29, 0.717) is 40.4 Å². The normalized spacial score (nSPS) is 43.2. The molecule has 7 atom stereocenters. The first-order valence-electron chi connectivity index (χ1n) is 13.4.